The summed E-state index contributed by atoms with van der Waals surface area (Å²) in [5, 5.41) is 8.74. The second-order valence-electron chi connectivity index (χ2n) is 3.04. The minimum atomic E-state index is -1.08. The molecule has 0 fully saturated rings. The van der Waals surface area contributed by atoms with Gasteiger partial charge in [0.1, 0.15) is 5.82 Å². The molecule has 0 aliphatic rings. The third-order valence-corrected chi connectivity index (χ3v) is 2.43. The van der Waals surface area contributed by atoms with E-state index in [0.717, 1.165) is 11.8 Å². The average Bonchev–Trinajstić information content (AvgIpc) is 2.25. The largest absolute Gasteiger partial charge is 0.478 e. The molecule has 1 aromatic heterocycles. The molecule has 0 spiro atoms. The zero-order chi connectivity index (χ0) is 12.8. The highest BCUT2D eigenvalue weighted by Gasteiger charge is 2.05. The third-order valence-electron chi connectivity index (χ3n) is 1.74. The van der Waals surface area contributed by atoms with Gasteiger partial charge in [0.25, 0.3) is 0 Å². The van der Waals surface area contributed by atoms with Crippen molar-refractivity contribution in [3.63, 3.8) is 0 Å². The number of carboxylic acid groups (broad SMARTS) is 1. The van der Waals surface area contributed by atoms with Crippen molar-refractivity contribution in [1.29, 1.82) is 0 Å². The maximum atomic E-state index is 10.7. The molecule has 0 unspecified atom stereocenters. The number of aromatic nitrogens is 1. The maximum Gasteiger partial charge on any atom is 0.337 e. The lowest BCUT2D eigenvalue weighted by molar-refractivity contribution is -0.109. The van der Waals surface area contributed by atoms with E-state index in [4.69, 9.17) is 10.8 Å². The molecule has 17 heavy (non-hydrogen) atoms. The lowest BCUT2D eigenvalue weighted by atomic mass is 10.2. The topological polar surface area (TPSA) is 93.3 Å². The molecule has 0 aromatic carbocycles. The third kappa shape index (κ3) is 4.17. The molecule has 3 N–H and O–H groups in total. The van der Waals surface area contributed by atoms with Gasteiger partial charge in [0, 0.05) is 13.1 Å². The van der Waals surface area contributed by atoms with Gasteiger partial charge in [-0.3, -0.25) is 4.79 Å². The number of hydrogen-bond acceptors (Lipinski definition) is 5. The first kappa shape index (κ1) is 13.1. The molecular weight excluding hydrogens is 240 g/mol. The standard InChI is InChI=1S/C11H10N2O3S/c1-7(14)17-4-2-3-8-5-9(11(15)16)6-13-10(8)12/h5-6H,4H2,1H3,(H2,12,13)(H,15,16). The summed E-state index contributed by atoms with van der Waals surface area (Å²) < 4.78 is 0. The zero-order valence-corrected chi connectivity index (χ0v) is 9.87. The van der Waals surface area contributed by atoms with Crippen molar-refractivity contribution in [2.24, 2.45) is 0 Å². The van der Waals surface area contributed by atoms with Crippen molar-refractivity contribution in [2.45, 2.75) is 6.92 Å². The maximum absolute atomic E-state index is 10.7. The Bertz CT molecular complexity index is 517. The molecule has 88 valence electrons. The van der Waals surface area contributed by atoms with Gasteiger partial charge in [0.05, 0.1) is 16.9 Å². The number of nitrogens with two attached hydrogens (primary N) is 1. The van der Waals surface area contributed by atoms with E-state index in [1.165, 1.54) is 19.2 Å². The Balaban J connectivity index is 2.86. The van der Waals surface area contributed by atoms with Gasteiger partial charge in [-0.1, -0.05) is 23.6 Å². The summed E-state index contributed by atoms with van der Waals surface area (Å²) in [6.45, 7) is 1.45. The molecule has 0 bridgehead atoms. The first-order valence-electron chi connectivity index (χ1n) is 4.61. The van der Waals surface area contributed by atoms with Crippen LogP contribution in [0.25, 0.3) is 0 Å². The Hall–Kier alpha value is -2.00. The molecule has 0 aliphatic heterocycles. The summed E-state index contributed by atoms with van der Waals surface area (Å²) in [5.41, 5.74) is 5.94. The van der Waals surface area contributed by atoms with Crippen LogP contribution in [0.2, 0.25) is 0 Å². The molecule has 1 heterocycles. The van der Waals surface area contributed by atoms with E-state index in [2.05, 4.69) is 16.8 Å². The molecule has 0 atom stereocenters. The number of aromatic carboxylic acids is 1. The average molecular weight is 250 g/mol. The Morgan fingerprint density at radius 3 is 2.88 bits per heavy atom. The lowest BCUT2D eigenvalue weighted by Gasteiger charge is -1.98. The van der Waals surface area contributed by atoms with Gasteiger partial charge < -0.3 is 10.8 Å². The minimum absolute atomic E-state index is 0.0234. The van der Waals surface area contributed by atoms with Gasteiger partial charge in [-0.05, 0) is 6.07 Å². The number of rotatable bonds is 2. The van der Waals surface area contributed by atoms with Crippen LogP contribution in [0.4, 0.5) is 5.82 Å². The molecule has 0 amide bonds. The highest BCUT2D eigenvalue weighted by atomic mass is 32.2. The van der Waals surface area contributed by atoms with Crippen LogP contribution in [0, 0.1) is 11.8 Å². The summed E-state index contributed by atoms with van der Waals surface area (Å²) in [4.78, 5) is 25.1. The molecule has 1 aromatic rings. The monoisotopic (exact) mass is 250 g/mol. The van der Waals surface area contributed by atoms with Crippen LogP contribution in [-0.2, 0) is 4.79 Å². The van der Waals surface area contributed by atoms with Crippen LogP contribution >= 0.6 is 11.8 Å². The second-order valence-corrected chi connectivity index (χ2v) is 4.20. The highest BCUT2D eigenvalue weighted by molar-refractivity contribution is 8.13. The fourth-order valence-corrected chi connectivity index (χ4v) is 1.31. The van der Waals surface area contributed by atoms with Crippen molar-refractivity contribution >= 4 is 28.7 Å². The lowest BCUT2D eigenvalue weighted by Crippen LogP contribution is -2.01. The molecule has 6 heteroatoms. The Labute approximate surface area is 102 Å². The van der Waals surface area contributed by atoms with E-state index >= 15 is 0 Å². The number of carbonyl (C=O) groups excluding carboxylic acids is 1. The van der Waals surface area contributed by atoms with Gasteiger partial charge in [0.15, 0.2) is 5.12 Å². The number of carboxylic acids is 1. The minimum Gasteiger partial charge on any atom is -0.478 e. The Kier molecular flexibility index (Phi) is 4.55. The van der Waals surface area contributed by atoms with Gasteiger partial charge in [0.2, 0.25) is 0 Å². The molecular formula is C11H10N2O3S. The Morgan fingerprint density at radius 2 is 2.29 bits per heavy atom. The molecule has 0 aliphatic carbocycles. The number of anilines is 1. The van der Waals surface area contributed by atoms with E-state index in [0.29, 0.717) is 11.3 Å². The first-order chi connectivity index (χ1) is 8.00. The Morgan fingerprint density at radius 1 is 1.59 bits per heavy atom. The summed E-state index contributed by atoms with van der Waals surface area (Å²) >= 11 is 1.08. The predicted octanol–water partition coefficient (Wildman–Crippen LogP) is 0.993. The van der Waals surface area contributed by atoms with E-state index in [1.54, 1.807) is 0 Å². The van der Waals surface area contributed by atoms with Gasteiger partial charge in [-0.15, -0.1) is 0 Å². The highest BCUT2D eigenvalue weighted by Crippen LogP contribution is 2.09. The van der Waals surface area contributed by atoms with Crippen LogP contribution in [0.1, 0.15) is 22.8 Å². The number of thioether (sulfide) groups is 1. The van der Waals surface area contributed by atoms with Crippen molar-refractivity contribution < 1.29 is 14.7 Å². The van der Waals surface area contributed by atoms with Crippen LogP contribution in [0.5, 0.6) is 0 Å². The van der Waals surface area contributed by atoms with Crippen LogP contribution in [0.15, 0.2) is 12.3 Å². The van der Waals surface area contributed by atoms with Crippen molar-refractivity contribution in [3.05, 3.63) is 23.4 Å². The number of hydrogen-bond donors (Lipinski definition) is 2. The van der Waals surface area contributed by atoms with Gasteiger partial charge in [-0.25, -0.2) is 9.78 Å². The molecule has 0 radical (unpaired) electrons. The fraction of sp³-hybridized carbons (Fsp3) is 0.182. The van der Waals surface area contributed by atoms with Crippen LogP contribution in [0.3, 0.4) is 0 Å². The fourth-order valence-electron chi connectivity index (χ4n) is 0.961. The quantitative estimate of drug-likeness (QED) is 0.760. The van der Waals surface area contributed by atoms with E-state index in [-0.39, 0.29) is 16.5 Å². The summed E-state index contributed by atoms with van der Waals surface area (Å²) in [6, 6.07) is 1.36. The van der Waals surface area contributed by atoms with E-state index < -0.39 is 5.97 Å². The van der Waals surface area contributed by atoms with Crippen LogP contribution in [-0.4, -0.2) is 26.9 Å². The SMILES string of the molecule is CC(=O)SCC#Cc1cc(C(=O)O)cnc1N. The van der Waals surface area contributed by atoms with E-state index in [1.807, 2.05) is 0 Å². The van der Waals surface area contributed by atoms with Crippen molar-refractivity contribution in [3.8, 4) is 11.8 Å². The predicted molar refractivity (Wildman–Crippen MR) is 65.6 cm³/mol. The molecule has 1 rings (SSSR count). The summed E-state index contributed by atoms with van der Waals surface area (Å²) in [6.07, 6.45) is 1.17. The number of nitrogens with zero attached hydrogens (tertiary/aromatic N) is 1. The smallest absolute Gasteiger partial charge is 0.337 e. The summed E-state index contributed by atoms with van der Waals surface area (Å²) in [5.74, 6) is 4.84. The number of nitrogen functional groups attached to an aromatic ring is 1. The van der Waals surface area contributed by atoms with E-state index in [9.17, 15) is 9.59 Å². The van der Waals surface area contributed by atoms with Gasteiger partial charge in [-0.2, -0.15) is 0 Å². The normalized spacial score (nSPS) is 9.24. The zero-order valence-electron chi connectivity index (χ0n) is 9.06. The van der Waals surface area contributed by atoms with Crippen LogP contribution < -0.4 is 5.73 Å². The molecule has 0 saturated heterocycles. The number of pyridine rings is 1. The summed E-state index contributed by atoms with van der Waals surface area (Å²) in [7, 11) is 0. The first-order valence-corrected chi connectivity index (χ1v) is 5.60. The molecule has 5 nitrogen and oxygen atoms in total. The molecule has 0 saturated carbocycles. The van der Waals surface area contributed by atoms with Gasteiger partial charge >= 0.3 is 5.97 Å². The second kappa shape index (κ2) is 5.92. The number of carbonyl (C=O) groups is 2. The van der Waals surface area contributed by atoms with Crippen molar-refractivity contribution in [1.82, 2.24) is 4.98 Å². The van der Waals surface area contributed by atoms with Crippen molar-refractivity contribution in [2.75, 3.05) is 11.5 Å².